The molecule has 0 aliphatic carbocycles. The first-order valence-electron chi connectivity index (χ1n) is 6.17. The van der Waals surface area contributed by atoms with Crippen LogP contribution in [0.1, 0.15) is 0 Å². The Morgan fingerprint density at radius 3 is 2.85 bits per heavy atom. The molecule has 20 heavy (non-hydrogen) atoms. The SMILES string of the molecule is O=C(NC[C@H](O)CO)Nc1cccc(-c2cccs2)c1. The van der Waals surface area contributed by atoms with Gasteiger partial charge in [-0.2, -0.15) is 0 Å². The minimum absolute atomic E-state index is 0.00689. The summed E-state index contributed by atoms with van der Waals surface area (Å²) in [6.45, 7) is -0.374. The van der Waals surface area contributed by atoms with E-state index in [1.807, 2.05) is 35.7 Å². The van der Waals surface area contributed by atoms with Gasteiger partial charge in [-0.1, -0.05) is 18.2 Å². The van der Waals surface area contributed by atoms with Crippen LogP contribution in [0.15, 0.2) is 41.8 Å². The van der Waals surface area contributed by atoms with Gasteiger partial charge in [0.25, 0.3) is 0 Å². The summed E-state index contributed by atoms with van der Waals surface area (Å²) in [5, 5.41) is 25.0. The Balaban J connectivity index is 1.96. The predicted molar refractivity (Wildman–Crippen MR) is 79.9 cm³/mol. The van der Waals surface area contributed by atoms with Crippen molar-refractivity contribution in [3.63, 3.8) is 0 Å². The Morgan fingerprint density at radius 2 is 2.15 bits per heavy atom. The molecule has 0 saturated heterocycles. The van der Waals surface area contributed by atoms with E-state index in [2.05, 4.69) is 10.6 Å². The molecule has 0 aliphatic heterocycles. The van der Waals surface area contributed by atoms with Gasteiger partial charge >= 0.3 is 6.03 Å². The van der Waals surface area contributed by atoms with E-state index in [4.69, 9.17) is 10.2 Å². The number of anilines is 1. The second kappa shape index (κ2) is 7.04. The van der Waals surface area contributed by atoms with E-state index in [9.17, 15) is 4.79 Å². The van der Waals surface area contributed by atoms with Crippen LogP contribution in [0.2, 0.25) is 0 Å². The van der Waals surface area contributed by atoms with Crippen molar-refractivity contribution >= 4 is 23.1 Å². The van der Waals surface area contributed by atoms with Crippen LogP contribution in [-0.2, 0) is 0 Å². The Kier molecular flexibility index (Phi) is 5.11. The number of aliphatic hydroxyl groups is 2. The topological polar surface area (TPSA) is 81.6 Å². The molecule has 0 unspecified atom stereocenters. The van der Waals surface area contributed by atoms with E-state index in [-0.39, 0.29) is 13.2 Å². The highest BCUT2D eigenvalue weighted by molar-refractivity contribution is 7.13. The van der Waals surface area contributed by atoms with Gasteiger partial charge in [-0.25, -0.2) is 4.79 Å². The van der Waals surface area contributed by atoms with Gasteiger partial charge < -0.3 is 20.8 Å². The van der Waals surface area contributed by atoms with Crippen LogP contribution in [0, 0.1) is 0 Å². The van der Waals surface area contributed by atoms with E-state index in [0.717, 1.165) is 10.4 Å². The lowest BCUT2D eigenvalue weighted by Crippen LogP contribution is -2.36. The molecule has 1 atom stereocenters. The van der Waals surface area contributed by atoms with Crippen molar-refractivity contribution < 1.29 is 15.0 Å². The minimum Gasteiger partial charge on any atom is -0.394 e. The molecule has 0 aliphatic rings. The molecule has 2 amide bonds. The smallest absolute Gasteiger partial charge is 0.319 e. The fourth-order valence-electron chi connectivity index (χ4n) is 1.64. The second-order valence-corrected chi connectivity index (χ2v) is 5.18. The summed E-state index contributed by atoms with van der Waals surface area (Å²) in [7, 11) is 0. The number of amides is 2. The van der Waals surface area contributed by atoms with Crippen LogP contribution >= 0.6 is 11.3 Å². The van der Waals surface area contributed by atoms with Crippen LogP contribution in [-0.4, -0.2) is 35.5 Å². The summed E-state index contributed by atoms with van der Waals surface area (Å²) in [5.74, 6) is 0. The van der Waals surface area contributed by atoms with Crippen LogP contribution in [0.5, 0.6) is 0 Å². The third kappa shape index (κ3) is 4.06. The lowest BCUT2D eigenvalue weighted by atomic mass is 10.1. The highest BCUT2D eigenvalue weighted by atomic mass is 32.1. The van der Waals surface area contributed by atoms with Gasteiger partial charge in [0.2, 0.25) is 0 Å². The van der Waals surface area contributed by atoms with Crippen molar-refractivity contribution in [2.75, 3.05) is 18.5 Å². The van der Waals surface area contributed by atoms with Crippen molar-refractivity contribution in [1.82, 2.24) is 5.32 Å². The maximum Gasteiger partial charge on any atom is 0.319 e. The van der Waals surface area contributed by atoms with Gasteiger partial charge in [-0.15, -0.1) is 11.3 Å². The first-order valence-corrected chi connectivity index (χ1v) is 7.04. The zero-order chi connectivity index (χ0) is 14.4. The van der Waals surface area contributed by atoms with Crippen molar-refractivity contribution in [3.8, 4) is 10.4 Å². The van der Waals surface area contributed by atoms with Crippen molar-refractivity contribution in [2.24, 2.45) is 0 Å². The first-order chi connectivity index (χ1) is 9.69. The minimum atomic E-state index is -0.946. The van der Waals surface area contributed by atoms with E-state index in [0.29, 0.717) is 5.69 Å². The normalized spacial score (nSPS) is 11.9. The van der Waals surface area contributed by atoms with Crippen molar-refractivity contribution in [1.29, 1.82) is 0 Å². The Bertz CT molecular complexity index is 557. The maximum absolute atomic E-state index is 11.6. The average molecular weight is 292 g/mol. The molecule has 1 aromatic carbocycles. The summed E-state index contributed by atoms with van der Waals surface area (Å²) in [4.78, 5) is 12.7. The molecule has 0 fully saturated rings. The lowest BCUT2D eigenvalue weighted by Gasteiger charge is -2.10. The van der Waals surface area contributed by atoms with E-state index in [1.165, 1.54) is 0 Å². The number of carbonyl (C=O) groups excluding carboxylic acids is 1. The van der Waals surface area contributed by atoms with Crippen molar-refractivity contribution in [2.45, 2.75) is 6.10 Å². The van der Waals surface area contributed by atoms with Crippen LogP contribution in [0.25, 0.3) is 10.4 Å². The van der Waals surface area contributed by atoms with Gasteiger partial charge in [0.05, 0.1) is 12.7 Å². The quantitative estimate of drug-likeness (QED) is 0.679. The molecule has 106 valence electrons. The fourth-order valence-corrected chi connectivity index (χ4v) is 2.37. The summed E-state index contributed by atoms with van der Waals surface area (Å²) < 4.78 is 0. The van der Waals surface area contributed by atoms with Crippen molar-refractivity contribution in [3.05, 3.63) is 41.8 Å². The number of aliphatic hydroxyl groups excluding tert-OH is 2. The van der Waals surface area contributed by atoms with Gasteiger partial charge in [0.15, 0.2) is 0 Å². The molecule has 0 bridgehead atoms. The molecule has 6 heteroatoms. The van der Waals surface area contributed by atoms with E-state index < -0.39 is 12.1 Å². The van der Waals surface area contributed by atoms with Crippen LogP contribution in [0.4, 0.5) is 10.5 Å². The van der Waals surface area contributed by atoms with Gasteiger partial charge in [0, 0.05) is 17.1 Å². The van der Waals surface area contributed by atoms with E-state index >= 15 is 0 Å². The highest BCUT2D eigenvalue weighted by Gasteiger charge is 2.06. The molecule has 2 rings (SSSR count). The zero-order valence-electron chi connectivity index (χ0n) is 10.7. The van der Waals surface area contributed by atoms with E-state index in [1.54, 1.807) is 17.4 Å². The Hall–Kier alpha value is -1.89. The van der Waals surface area contributed by atoms with Gasteiger partial charge in [-0.3, -0.25) is 0 Å². The monoisotopic (exact) mass is 292 g/mol. The van der Waals surface area contributed by atoms with Crippen LogP contribution in [0.3, 0.4) is 0 Å². The summed E-state index contributed by atoms with van der Waals surface area (Å²) in [5.41, 5.74) is 1.71. The Labute approximate surface area is 120 Å². The number of carbonyl (C=O) groups is 1. The molecule has 1 heterocycles. The number of benzene rings is 1. The number of urea groups is 1. The summed E-state index contributed by atoms with van der Waals surface area (Å²) in [6.07, 6.45) is -0.946. The molecule has 0 saturated carbocycles. The third-order valence-electron chi connectivity index (χ3n) is 2.64. The number of nitrogens with one attached hydrogen (secondary N) is 2. The average Bonchev–Trinajstić information content (AvgIpc) is 2.99. The molecular formula is C14H16N2O3S. The molecular weight excluding hydrogens is 276 g/mol. The Morgan fingerprint density at radius 1 is 1.30 bits per heavy atom. The summed E-state index contributed by atoms with van der Waals surface area (Å²) >= 11 is 1.63. The predicted octanol–water partition coefficient (Wildman–Crippen LogP) is 1.89. The van der Waals surface area contributed by atoms with Gasteiger partial charge in [0.1, 0.15) is 0 Å². The molecule has 0 spiro atoms. The molecule has 5 nitrogen and oxygen atoms in total. The molecule has 0 radical (unpaired) electrons. The fraction of sp³-hybridized carbons (Fsp3) is 0.214. The molecule has 4 N–H and O–H groups in total. The lowest BCUT2D eigenvalue weighted by molar-refractivity contribution is 0.0965. The number of hydrogen-bond acceptors (Lipinski definition) is 4. The zero-order valence-corrected chi connectivity index (χ0v) is 11.6. The maximum atomic E-state index is 11.6. The largest absolute Gasteiger partial charge is 0.394 e. The highest BCUT2D eigenvalue weighted by Crippen LogP contribution is 2.26. The molecule has 2 aromatic rings. The number of rotatable bonds is 5. The van der Waals surface area contributed by atoms with Crippen LogP contribution < -0.4 is 10.6 Å². The third-order valence-corrected chi connectivity index (χ3v) is 3.55. The number of hydrogen-bond donors (Lipinski definition) is 4. The second-order valence-electron chi connectivity index (χ2n) is 4.23. The summed E-state index contributed by atoms with van der Waals surface area (Å²) in [6, 6.07) is 11.1. The number of thiophene rings is 1. The standard InChI is InChI=1S/C14H16N2O3S/c17-9-12(18)8-15-14(19)16-11-4-1-3-10(7-11)13-5-2-6-20-13/h1-7,12,17-18H,8-9H2,(H2,15,16,19)/t12-/m0/s1. The first kappa shape index (κ1) is 14.5. The molecule has 1 aromatic heterocycles. The van der Waals surface area contributed by atoms with Gasteiger partial charge in [-0.05, 0) is 29.1 Å².